The first-order valence-electron chi connectivity index (χ1n) is 21.0. The predicted molar refractivity (Wildman–Crippen MR) is 226 cm³/mol. The van der Waals surface area contributed by atoms with Crippen LogP contribution in [0.1, 0.15) is 132 Å². The fourth-order valence-corrected chi connectivity index (χ4v) is 18.1. The lowest BCUT2D eigenvalue weighted by atomic mass is 10.0. The van der Waals surface area contributed by atoms with Gasteiger partial charge in [-0.05, 0) is 76.0 Å². The average molecular weight is 853 g/mol. The number of hydrogen-bond donors (Lipinski definition) is 1. The molecule has 1 aromatic heterocycles. The minimum atomic E-state index is -2.18. The van der Waals surface area contributed by atoms with Gasteiger partial charge in [0.05, 0.1) is 37.2 Å². The number of nitrogens with one attached hydrogen (secondary N) is 1. The molecule has 1 N–H and O–H groups in total. The van der Waals surface area contributed by atoms with Crippen LogP contribution in [0, 0.1) is 0 Å². The molecule has 0 aliphatic carbocycles. The van der Waals surface area contributed by atoms with Gasteiger partial charge in [0.15, 0.2) is 28.6 Å². The third-order valence-corrected chi connectivity index (χ3v) is 25.9. The molecule has 1 rings (SSSR count). The molecule has 0 bridgehead atoms. The van der Waals surface area contributed by atoms with Crippen LogP contribution < -0.4 is 22.3 Å². The molecule has 0 fully saturated rings. The quantitative estimate of drug-likeness (QED) is 0.0610. The highest BCUT2D eigenvalue weighted by atomic mass is 79.9. The zero-order chi connectivity index (χ0) is 38.5. The maximum absolute atomic E-state index is 14.5. The lowest BCUT2D eigenvalue weighted by Gasteiger charge is -2.44. The number of rotatable bonds is 31. The molecule has 0 aliphatic rings. The first kappa shape index (κ1) is 51.9. The Kier molecular flexibility index (Phi) is 27.4. The summed E-state index contributed by atoms with van der Waals surface area (Å²) >= 11 is 0. The molecular formula is C40H83BrN3O5PSi2. The van der Waals surface area contributed by atoms with Gasteiger partial charge in [0, 0.05) is 26.8 Å². The molecule has 4 atom stereocenters. The Hall–Kier alpha value is -0.136. The average Bonchev–Trinajstić information content (AvgIpc) is 3.61. The third-order valence-electron chi connectivity index (χ3n) is 11.9. The second kappa shape index (κ2) is 27.5. The Morgan fingerprint density at radius 1 is 0.846 bits per heavy atom. The SMILES string of the molecule is CCCC[P+](CCCC)(CCCC)Cc1coc([C@@H](C)CCNC(=O)[C@@H](O[Si](CC)(CC)CC)[C@@H](O[Si](CC)(CC)CC)[C@H](COC)N(C)C)n1.[Br-]. The van der Waals surface area contributed by atoms with Gasteiger partial charge in [0.25, 0.3) is 5.91 Å². The normalized spacial score (nSPS) is 15.0. The number of unbranched alkanes of at least 4 members (excludes halogenated alkanes) is 3. The van der Waals surface area contributed by atoms with Gasteiger partial charge in [-0.15, -0.1) is 0 Å². The van der Waals surface area contributed by atoms with Crippen LogP contribution in [-0.2, 0) is 24.5 Å². The summed E-state index contributed by atoms with van der Waals surface area (Å²) < 4.78 is 26.3. The topological polar surface area (TPSA) is 86.1 Å². The minimum Gasteiger partial charge on any atom is -1.00 e. The Balaban J connectivity index is 0.0000260. The van der Waals surface area contributed by atoms with E-state index in [4.69, 9.17) is 23.0 Å². The molecule has 0 saturated carbocycles. The number of ether oxygens (including phenoxy) is 1. The highest BCUT2D eigenvalue weighted by Gasteiger charge is 2.46. The van der Waals surface area contributed by atoms with Gasteiger partial charge in [-0.3, -0.25) is 4.79 Å². The maximum Gasteiger partial charge on any atom is 0.250 e. The number of likely N-dealkylation sites (N-methyl/N-ethyl adjacent to an activating group) is 1. The van der Waals surface area contributed by atoms with E-state index in [2.05, 4.69) is 93.5 Å². The van der Waals surface area contributed by atoms with Crippen molar-refractivity contribution in [2.45, 2.75) is 181 Å². The van der Waals surface area contributed by atoms with Crippen molar-refractivity contribution in [1.82, 2.24) is 15.2 Å². The largest absolute Gasteiger partial charge is 1.00 e. The molecule has 1 heterocycles. The molecule has 1 aromatic rings. The van der Waals surface area contributed by atoms with Gasteiger partial charge in [0.2, 0.25) is 0 Å². The van der Waals surface area contributed by atoms with Crippen LogP contribution in [0.25, 0.3) is 0 Å². The van der Waals surface area contributed by atoms with Crippen LogP contribution in [0.4, 0.5) is 0 Å². The first-order chi connectivity index (χ1) is 24.4. The van der Waals surface area contributed by atoms with E-state index in [1.807, 2.05) is 6.26 Å². The maximum atomic E-state index is 14.5. The minimum absolute atomic E-state index is 0. The number of amides is 1. The van der Waals surface area contributed by atoms with Crippen LogP contribution >= 0.6 is 7.26 Å². The number of hydrogen-bond acceptors (Lipinski definition) is 7. The number of nitrogens with zero attached hydrogens (tertiary/aromatic N) is 2. The Labute approximate surface area is 334 Å². The fourth-order valence-electron chi connectivity index (χ4n) is 7.53. The molecular weight excluding hydrogens is 770 g/mol. The molecule has 12 heteroatoms. The number of methoxy groups -OCH3 is 1. The van der Waals surface area contributed by atoms with E-state index in [0.29, 0.717) is 13.2 Å². The smallest absolute Gasteiger partial charge is 0.250 e. The molecule has 0 aliphatic heterocycles. The predicted octanol–water partition coefficient (Wildman–Crippen LogP) is 7.56. The van der Waals surface area contributed by atoms with Gasteiger partial charge >= 0.3 is 0 Å². The molecule has 8 nitrogen and oxygen atoms in total. The number of oxazole rings is 1. The zero-order valence-electron chi connectivity index (χ0n) is 36.1. The molecule has 0 radical (unpaired) electrons. The summed E-state index contributed by atoms with van der Waals surface area (Å²) in [5.41, 5.74) is 1.13. The van der Waals surface area contributed by atoms with E-state index >= 15 is 0 Å². The van der Waals surface area contributed by atoms with Crippen LogP contribution in [0.15, 0.2) is 10.7 Å². The van der Waals surface area contributed by atoms with Gasteiger partial charge in [-0.2, -0.15) is 0 Å². The third kappa shape index (κ3) is 16.1. The van der Waals surface area contributed by atoms with Crippen LogP contribution in [0.2, 0.25) is 36.3 Å². The lowest BCUT2D eigenvalue weighted by Crippen LogP contribution is -3.00. The Bertz CT molecular complexity index is 1020. The van der Waals surface area contributed by atoms with Crippen molar-refractivity contribution in [3.8, 4) is 0 Å². The molecule has 1 amide bonds. The van der Waals surface area contributed by atoms with E-state index < -0.39 is 36.1 Å². The first-order valence-corrected chi connectivity index (χ1v) is 28.5. The fraction of sp³-hybridized carbons (Fsp3) is 0.900. The summed E-state index contributed by atoms with van der Waals surface area (Å²) in [6.45, 7) is 23.5. The van der Waals surface area contributed by atoms with Gasteiger partial charge in [-0.1, -0.05) is 88.5 Å². The summed E-state index contributed by atoms with van der Waals surface area (Å²) in [7, 11) is 0.438. The number of halogens is 1. The van der Waals surface area contributed by atoms with Crippen molar-refractivity contribution in [3.05, 3.63) is 17.8 Å². The molecule has 0 aromatic carbocycles. The van der Waals surface area contributed by atoms with E-state index in [0.717, 1.165) is 60.4 Å². The molecule has 308 valence electrons. The van der Waals surface area contributed by atoms with Crippen LogP contribution in [-0.4, -0.2) is 104 Å². The molecule has 0 spiro atoms. The van der Waals surface area contributed by atoms with Crippen molar-refractivity contribution in [3.63, 3.8) is 0 Å². The number of carbonyl (C=O) groups excluding carboxylic acids is 1. The molecule has 52 heavy (non-hydrogen) atoms. The second-order valence-electron chi connectivity index (χ2n) is 15.5. The van der Waals surface area contributed by atoms with Gasteiger partial charge < -0.3 is 45.2 Å². The van der Waals surface area contributed by atoms with E-state index in [9.17, 15) is 4.79 Å². The molecule has 0 unspecified atom stereocenters. The summed E-state index contributed by atoms with van der Waals surface area (Å²) in [6, 6.07) is 5.79. The van der Waals surface area contributed by atoms with E-state index in [-0.39, 0.29) is 34.8 Å². The van der Waals surface area contributed by atoms with Crippen molar-refractivity contribution in [1.29, 1.82) is 0 Å². The van der Waals surface area contributed by atoms with E-state index in [1.165, 1.54) is 57.0 Å². The van der Waals surface area contributed by atoms with Crippen molar-refractivity contribution < 1.29 is 39.8 Å². The van der Waals surface area contributed by atoms with E-state index in [1.54, 1.807) is 7.11 Å². The molecule has 0 saturated heterocycles. The second-order valence-corrected chi connectivity index (χ2v) is 29.3. The van der Waals surface area contributed by atoms with Crippen molar-refractivity contribution >= 4 is 29.8 Å². The zero-order valence-corrected chi connectivity index (χ0v) is 40.6. The number of carbonyl (C=O) groups is 1. The van der Waals surface area contributed by atoms with Gasteiger partial charge in [0.1, 0.15) is 18.1 Å². The highest BCUT2D eigenvalue weighted by molar-refractivity contribution is 7.75. The van der Waals surface area contributed by atoms with Gasteiger partial charge in [-0.25, -0.2) is 4.98 Å². The summed E-state index contributed by atoms with van der Waals surface area (Å²) in [5.74, 6) is 0.817. The van der Waals surface area contributed by atoms with Crippen LogP contribution in [0.5, 0.6) is 0 Å². The summed E-state index contributed by atoms with van der Waals surface area (Å²) in [6.07, 6.45) is 14.5. The lowest BCUT2D eigenvalue weighted by molar-refractivity contribution is -0.136. The summed E-state index contributed by atoms with van der Waals surface area (Å²) in [4.78, 5) is 21.7. The standard InChI is InChI=1S/C40H82N3O5PSi2.BrH/c1-14-23-28-49(29-24-15-2,30-25-16-3)33-35-31-46-40(42-35)34(10)26-27-41-39(44)38(48-51(20-7,21-8)22-9)37(36(32-45-13)43(11)12)47-50(17-4,18-5)19-6;/h31,34,36-38H,14-30,32-33H2,1-13H3;1H/t34-,36-,37-,38-;/m0./s1. The highest BCUT2D eigenvalue weighted by Crippen LogP contribution is 2.63. The van der Waals surface area contributed by atoms with Crippen molar-refractivity contribution in [2.24, 2.45) is 0 Å². The van der Waals surface area contributed by atoms with Crippen LogP contribution in [0.3, 0.4) is 0 Å². The number of aromatic nitrogens is 1. The monoisotopic (exact) mass is 851 g/mol. The Morgan fingerprint density at radius 2 is 1.33 bits per heavy atom. The van der Waals surface area contributed by atoms with Crippen molar-refractivity contribution in [2.75, 3.05) is 52.8 Å². The Morgan fingerprint density at radius 3 is 1.75 bits per heavy atom. The summed E-state index contributed by atoms with van der Waals surface area (Å²) in [5, 5.41) is 3.32.